The second kappa shape index (κ2) is 7.66. The topological polar surface area (TPSA) is 107 Å². The number of amides is 3. The number of alkyl carbamates (subject to hydrolysis) is 1. The van der Waals surface area contributed by atoms with Gasteiger partial charge in [0.1, 0.15) is 5.60 Å². The zero-order chi connectivity index (χ0) is 22.2. The van der Waals surface area contributed by atoms with E-state index in [-0.39, 0.29) is 23.2 Å². The van der Waals surface area contributed by atoms with Crippen LogP contribution >= 0.6 is 0 Å². The van der Waals surface area contributed by atoms with Gasteiger partial charge in [0.15, 0.2) is 0 Å². The normalized spacial score (nSPS) is 13.3. The summed E-state index contributed by atoms with van der Waals surface area (Å²) in [5, 5.41) is 3.09. The van der Waals surface area contributed by atoms with Crippen LogP contribution in [0.25, 0.3) is 0 Å². The fourth-order valence-corrected chi connectivity index (χ4v) is 3.00. The predicted molar refractivity (Wildman–Crippen MR) is 106 cm³/mol. The Morgan fingerprint density at radius 3 is 2.17 bits per heavy atom. The van der Waals surface area contributed by atoms with Crippen LogP contribution in [0.4, 0.5) is 4.79 Å². The average Bonchev–Trinajstić information content (AvgIpc) is 3.08. The molecule has 30 heavy (non-hydrogen) atoms. The largest absolute Gasteiger partial charge is 0.444 e. The maximum Gasteiger partial charge on any atom is 0.407 e. The van der Waals surface area contributed by atoms with E-state index in [1.54, 1.807) is 51.4 Å². The van der Waals surface area contributed by atoms with Gasteiger partial charge in [-0.05, 0) is 45.9 Å². The quantitative estimate of drug-likeness (QED) is 0.773. The molecule has 0 bridgehead atoms. The van der Waals surface area contributed by atoms with E-state index < -0.39 is 29.5 Å². The van der Waals surface area contributed by atoms with Crippen LogP contribution in [0.3, 0.4) is 0 Å². The molecule has 9 nitrogen and oxygen atoms in total. The number of carbonyl (C=O) groups is 4. The van der Waals surface area contributed by atoms with E-state index in [0.29, 0.717) is 16.5 Å². The molecule has 0 atom stereocenters. The maximum absolute atomic E-state index is 12.7. The highest BCUT2D eigenvalue weighted by atomic mass is 16.7. The number of nitrogens with zero attached hydrogens (tertiary/aromatic N) is 2. The number of ether oxygens (including phenoxy) is 1. The van der Waals surface area contributed by atoms with Crippen LogP contribution in [0.15, 0.2) is 30.3 Å². The highest BCUT2D eigenvalue weighted by Gasteiger charge is 2.39. The van der Waals surface area contributed by atoms with Crippen molar-refractivity contribution >= 4 is 23.9 Å². The van der Waals surface area contributed by atoms with Gasteiger partial charge >= 0.3 is 12.1 Å². The van der Waals surface area contributed by atoms with Crippen LogP contribution in [-0.2, 0) is 23.2 Å². The Labute approximate surface area is 173 Å². The molecular formula is C21H23N3O6. The average molecular weight is 413 g/mol. The molecule has 0 saturated heterocycles. The van der Waals surface area contributed by atoms with Crippen LogP contribution in [0.1, 0.15) is 63.2 Å². The molecule has 0 fully saturated rings. The summed E-state index contributed by atoms with van der Waals surface area (Å²) >= 11 is 0. The molecule has 0 radical (unpaired) electrons. The molecule has 1 aliphatic rings. The Kier molecular flexibility index (Phi) is 5.39. The number of benzene rings is 1. The minimum atomic E-state index is -0.846. The second-order valence-corrected chi connectivity index (χ2v) is 7.88. The lowest BCUT2D eigenvalue weighted by Crippen LogP contribution is -2.32. The van der Waals surface area contributed by atoms with Crippen molar-refractivity contribution in [1.82, 2.24) is 14.9 Å². The maximum atomic E-state index is 12.7. The first kappa shape index (κ1) is 21.1. The van der Waals surface area contributed by atoms with Gasteiger partial charge in [0.05, 0.1) is 23.2 Å². The number of rotatable bonds is 4. The monoisotopic (exact) mass is 413 g/mol. The predicted octanol–water partition coefficient (Wildman–Crippen LogP) is 2.73. The van der Waals surface area contributed by atoms with Gasteiger partial charge in [0.25, 0.3) is 11.8 Å². The lowest BCUT2D eigenvalue weighted by molar-refractivity contribution is -0.0585. The van der Waals surface area contributed by atoms with Gasteiger partial charge in [-0.25, -0.2) is 9.59 Å². The van der Waals surface area contributed by atoms with E-state index in [0.717, 1.165) is 0 Å². The van der Waals surface area contributed by atoms with Crippen molar-refractivity contribution in [2.24, 2.45) is 7.05 Å². The van der Waals surface area contributed by atoms with Crippen LogP contribution in [0.5, 0.6) is 0 Å². The molecular weight excluding hydrogens is 390 g/mol. The molecule has 1 aliphatic heterocycles. The van der Waals surface area contributed by atoms with Gasteiger partial charge in [-0.1, -0.05) is 17.2 Å². The molecule has 2 aromatic rings. The number of hydrogen-bond acceptors (Lipinski definition) is 6. The van der Waals surface area contributed by atoms with E-state index in [9.17, 15) is 19.2 Å². The fraction of sp³-hybridized carbons (Fsp3) is 0.333. The van der Waals surface area contributed by atoms with Gasteiger partial charge in [-0.15, -0.1) is 0 Å². The third-order valence-electron chi connectivity index (χ3n) is 4.60. The molecule has 3 rings (SSSR count). The molecule has 0 saturated carbocycles. The van der Waals surface area contributed by atoms with E-state index in [1.807, 2.05) is 0 Å². The summed E-state index contributed by atoms with van der Waals surface area (Å²) in [5.74, 6) is -2.23. The minimum absolute atomic E-state index is 0.118. The van der Waals surface area contributed by atoms with Crippen molar-refractivity contribution in [3.05, 3.63) is 58.4 Å². The van der Waals surface area contributed by atoms with Gasteiger partial charge in [0, 0.05) is 18.4 Å². The van der Waals surface area contributed by atoms with Crippen LogP contribution in [-0.4, -0.2) is 39.1 Å². The first-order valence-corrected chi connectivity index (χ1v) is 9.31. The molecule has 9 heteroatoms. The molecule has 158 valence electrons. The second-order valence-electron chi connectivity index (χ2n) is 7.88. The highest BCUT2D eigenvalue weighted by molar-refractivity contribution is 6.21. The van der Waals surface area contributed by atoms with Crippen molar-refractivity contribution in [1.29, 1.82) is 0 Å². The van der Waals surface area contributed by atoms with Crippen molar-refractivity contribution in [3.8, 4) is 0 Å². The molecule has 0 aliphatic carbocycles. The molecule has 1 aromatic carbocycles. The van der Waals surface area contributed by atoms with Crippen LogP contribution < -0.4 is 5.32 Å². The number of hydrogen-bond donors (Lipinski definition) is 1. The van der Waals surface area contributed by atoms with Crippen LogP contribution in [0.2, 0.25) is 0 Å². The van der Waals surface area contributed by atoms with E-state index >= 15 is 0 Å². The summed E-state index contributed by atoms with van der Waals surface area (Å²) in [6.07, 6.45) is -0.587. The van der Waals surface area contributed by atoms with Crippen molar-refractivity contribution in [3.63, 3.8) is 0 Å². The smallest absolute Gasteiger partial charge is 0.407 e. The summed E-state index contributed by atoms with van der Waals surface area (Å²) < 4.78 is 6.90. The van der Waals surface area contributed by atoms with Gasteiger partial charge in [-0.2, -0.15) is 0 Å². The number of hydroxylamine groups is 2. The Morgan fingerprint density at radius 2 is 1.63 bits per heavy atom. The molecule has 3 amide bonds. The lowest BCUT2D eigenvalue weighted by atomic mass is 10.1. The first-order valence-electron chi connectivity index (χ1n) is 9.31. The number of aromatic nitrogens is 1. The Hall–Kier alpha value is -3.62. The summed E-state index contributed by atoms with van der Waals surface area (Å²) in [6.45, 7) is 7.08. The van der Waals surface area contributed by atoms with Gasteiger partial charge in [-0.3, -0.25) is 9.59 Å². The summed E-state index contributed by atoms with van der Waals surface area (Å²) in [6, 6.07) is 7.78. The number of carbonyl (C=O) groups excluding carboxylic acids is 4. The summed E-state index contributed by atoms with van der Waals surface area (Å²) in [7, 11) is 1.72. The van der Waals surface area contributed by atoms with E-state index in [1.165, 1.54) is 18.2 Å². The number of nitrogens with one attached hydrogen (secondary N) is 1. The molecule has 1 aromatic heterocycles. The van der Waals surface area contributed by atoms with Gasteiger partial charge in [0.2, 0.25) is 0 Å². The lowest BCUT2D eigenvalue weighted by Gasteiger charge is -2.19. The van der Waals surface area contributed by atoms with Crippen molar-refractivity contribution in [2.45, 2.75) is 39.8 Å². The molecule has 0 unspecified atom stereocenters. The molecule has 2 heterocycles. The fourth-order valence-electron chi connectivity index (χ4n) is 3.00. The summed E-state index contributed by atoms with van der Waals surface area (Å²) in [5.41, 5.74) is 1.08. The first-order chi connectivity index (χ1) is 14.0. The van der Waals surface area contributed by atoms with Gasteiger partial charge < -0.3 is 19.5 Å². The third kappa shape index (κ3) is 4.05. The Balaban J connectivity index is 1.72. The standard InChI is InChI=1S/C21H23N3O6/c1-12-16(10-13(23(12)5)11-22-20(28)29-21(2,3)4)19(27)30-24-17(25)14-8-6-7-9-15(14)18(24)26/h6-10H,11H2,1-5H3,(H,22,28). The van der Waals surface area contributed by atoms with Crippen molar-refractivity contribution < 1.29 is 28.8 Å². The Morgan fingerprint density at radius 1 is 1.07 bits per heavy atom. The zero-order valence-electron chi connectivity index (χ0n) is 17.4. The van der Waals surface area contributed by atoms with E-state index in [2.05, 4.69) is 5.32 Å². The molecule has 0 spiro atoms. The zero-order valence-corrected chi connectivity index (χ0v) is 17.4. The van der Waals surface area contributed by atoms with Crippen LogP contribution in [0, 0.1) is 6.92 Å². The number of imide groups is 1. The Bertz CT molecular complexity index is 1010. The molecule has 1 N–H and O–H groups in total. The number of fused-ring (bicyclic) bond motifs is 1. The summed E-state index contributed by atoms with van der Waals surface area (Å²) in [4.78, 5) is 54.4. The SMILES string of the molecule is Cc1c(C(=O)ON2C(=O)c3ccccc3C2=O)cc(CNC(=O)OC(C)(C)C)n1C. The highest BCUT2D eigenvalue weighted by Crippen LogP contribution is 2.24. The van der Waals surface area contributed by atoms with E-state index in [4.69, 9.17) is 9.57 Å². The minimum Gasteiger partial charge on any atom is -0.444 e. The van der Waals surface area contributed by atoms with Crippen molar-refractivity contribution in [2.75, 3.05) is 0 Å². The third-order valence-corrected chi connectivity index (χ3v) is 4.60.